The number of hydrogen-bond donors (Lipinski definition) is 1. The van der Waals surface area contributed by atoms with E-state index in [0.717, 1.165) is 30.0 Å². The molecule has 0 spiro atoms. The zero-order chi connectivity index (χ0) is 17.9. The third-order valence-corrected chi connectivity index (χ3v) is 4.79. The lowest BCUT2D eigenvalue weighted by atomic mass is 10.1. The number of nitrogens with zero attached hydrogens (tertiary/aromatic N) is 4. The highest BCUT2D eigenvalue weighted by Crippen LogP contribution is 2.26. The van der Waals surface area contributed by atoms with E-state index in [1.54, 1.807) is 6.26 Å². The van der Waals surface area contributed by atoms with E-state index in [1.165, 1.54) is 24.6 Å². The molecule has 0 radical (unpaired) electrons. The Labute approximate surface area is 152 Å². The smallest absolute Gasteiger partial charge is 0.230 e. The van der Waals surface area contributed by atoms with E-state index in [9.17, 15) is 4.79 Å². The van der Waals surface area contributed by atoms with Gasteiger partial charge >= 0.3 is 0 Å². The predicted molar refractivity (Wildman–Crippen MR) is 97.9 cm³/mol. The van der Waals surface area contributed by atoms with Gasteiger partial charge in [-0.15, -0.1) is 10.2 Å². The monoisotopic (exact) mass is 363 g/mol. The van der Waals surface area contributed by atoms with Crippen molar-refractivity contribution in [1.82, 2.24) is 20.1 Å². The molecule has 1 amide bonds. The number of nitrogens with one attached hydrogen (secondary N) is 1. The normalized spacial score (nSPS) is 14.9. The number of carbonyl (C=O) groups is 1. The second-order valence-corrected chi connectivity index (χ2v) is 8.17. The van der Waals surface area contributed by atoms with Crippen LogP contribution in [0.15, 0.2) is 28.0 Å². The van der Waals surface area contributed by atoms with Crippen LogP contribution < -0.4 is 10.2 Å². The molecule has 0 unspecified atom stereocenters. The van der Waals surface area contributed by atoms with Crippen LogP contribution in [0.2, 0.25) is 0 Å². The van der Waals surface area contributed by atoms with Gasteiger partial charge < -0.3 is 14.6 Å². The van der Waals surface area contributed by atoms with E-state index < -0.39 is 0 Å². The number of amides is 1. The van der Waals surface area contributed by atoms with Gasteiger partial charge in [0.1, 0.15) is 5.76 Å². The van der Waals surface area contributed by atoms with Gasteiger partial charge in [-0.3, -0.25) is 9.36 Å². The van der Waals surface area contributed by atoms with Crippen molar-refractivity contribution < 1.29 is 9.21 Å². The molecule has 3 rings (SSSR count). The molecule has 8 heteroatoms. The molecule has 1 aliphatic heterocycles. The van der Waals surface area contributed by atoms with Crippen LogP contribution in [0.3, 0.4) is 0 Å². The third-order valence-electron chi connectivity index (χ3n) is 3.83. The first-order chi connectivity index (χ1) is 11.9. The number of thioether (sulfide) groups is 1. The Bertz CT molecular complexity index is 699. The number of aromatic nitrogens is 3. The molecule has 0 saturated carbocycles. The Morgan fingerprint density at radius 2 is 2.08 bits per heavy atom. The Morgan fingerprint density at radius 3 is 2.72 bits per heavy atom. The maximum Gasteiger partial charge on any atom is 0.230 e. The number of carbonyl (C=O) groups excluding carboxylic acids is 1. The van der Waals surface area contributed by atoms with Crippen LogP contribution in [-0.2, 0) is 11.3 Å². The van der Waals surface area contributed by atoms with E-state index >= 15 is 0 Å². The van der Waals surface area contributed by atoms with Crippen molar-refractivity contribution in [3.8, 4) is 0 Å². The van der Waals surface area contributed by atoms with Crippen molar-refractivity contribution in [1.29, 1.82) is 0 Å². The summed E-state index contributed by atoms with van der Waals surface area (Å²) in [5.41, 5.74) is -0.236. The minimum Gasteiger partial charge on any atom is -0.467 e. The summed E-state index contributed by atoms with van der Waals surface area (Å²) < 4.78 is 7.53. The minimum absolute atomic E-state index is 0.00669. The van der Waals surface area contributed by atoms with E-state index in [2.05, 4.69) is 20.4 Å². The molecule has 0 bridgehead atoms. The molecule has 136 valence electrons. The van der Waals surface area contributed by atoms with Gasteiger partial charge in [0.15, 0.2) is 5.16 Å². The average molecular weight is 363 g/mol. The fraction of sp³-hybridized carbons (Fsp3) is 0.588. The minimum atomic E-state index is -0.236. The van der Waals surface area contributed by atoms with Crippen LogP contribution >= 0.6 is 11.8 Å². The zero-order valence-electron chi connectivity index (χ0n) is 15.0. The van der Waals surface area contributed by atoms with Gasteiger partial charge in [-0.25, -0.2) is 0 Å². The summed E-state index contributed by atoms with van der Waals surface area (Å²) in [6.45, 7) is 8.47. The second-order valence-electron chi connectivity index (χ2n) is 7.23. The van der Waals surface area contributed by atoms with Gasteiger partial charge in [-0.2, -0.15) is 0 Å². The molecule has 0 aliphatic carbocycles. The lowest BCUT2D eigenvalue weighted by molar-refractivity contribution is -0.119. The molecule has 0 aromatic carbocycles. The van der Waals surface area contributed by atoms with Crippen LogP contribution in [0.4, 0.5) is 5.95 Å². The fourth-order valence-corrected chi connectivity index (χ4v) is 3.55. The largest absolute Gasteiger partial charge is 0.467 e. The molecule has 2 aromatic heterocycles. The number of hydrogen-bond acceptors (Lipinski definition) is 6. The Morgan fingerprint density at radius 1 is 1.32 bits per heavy atom. The van der Waals surface area contributed by atoms with Gasteiger partial charge in [0, 0.05) is 18.6 Å². The van der Waals surface area contributed by atoms with Crippen molar-refractivity contribution >= 4 is 23.6 Å². The highest BCUT2D eigenvalue weighted by molar-refractivity contribution is 7.99. The summed E-state index contributed by atoms with van der Waals surface area (Å²) in [5, 5.41) is 12.4. The van der Waals surface area contributed by atoms with Gasteiger partial charge in [0.25, 0.3) is 0 Å². The van der Waals surface area contributed by atoms with E-state index in [0.29, 0.717) is 12.3 Å². The van der Waals surface area contributed by atoms with Crippen molar-refractivity contribution in [2.75, 3.05) is 23.7 Å². The Kier molecular flexibility index (Phi) is 5.36. The maximum absolute atomic E-state index is 12.1. The van der Waals surface area contributed by atoms with Crippen LogP contribution in [0.1, 0.15) is 39.4 Å². The first kappa shape index (κ1) is 17.8. The molecular weight excluding hydrogens is 338 g/mol. The molecule has 0 atom stereocenters. The fourth-order valence-electron chi connectivity index (χ4n) is 2.82. The van der Waals surface area contributed by atoms with Crippen LogP contribution in [0.5, 0.6) is 0 Å². The quantitative estimate of drug-likeness (QED) is 0.795. The van der Waals surface area contributed by atoms with Gasteiger partial charge in [0.2, 0.25) is 11.9 Å². The van der Waals surface area contributed by atoms with Crippen LogP contribution in [0, 0.1) is 0 Å². The van der Waals surface area contributed by atoms with Crippen molar-refractivity contribution in [2.24, 2.45) is 0 Å². The summed E-state index contributed by atoms with van der Waals surface area (Å²) in [4.78, 5) is 14.4. The lowest BCUT2D eigenvalue weighted by Gasteiger charge is -2.20. The predicted octanol–water partition coefficient (Wildman–Crippen LogP) is 2.53. The topological polar surface area (TPSA) is 76.2 Å². The highest BCUT2D eigenvalue weighted by atomic mass is 32.2. The van der Waals surface area contributed by atoms with Gasteiger partial charge in [-0.05, 0) is 45.7 Å². The molecule has 1 fully saturated rings. The standard InChI is InChI=1S/C17H25N5O2S/c1-17(2,3)18-14(23)12-25-16-20-19-15(21-8-4-5-9-21)22(16)11-13-7-6-10-24-13/h6-7,10H,4-5,8-9,11-12H2,1-3H3,(H,18,23). The number of furan rings is 1. The van der Waals surface area contributed by atoms with Gasteiger partial charge in [0.05, 0.1) is 18.6 Å². The average Bonchev–Trinajstić information content (AvgIpc) is 3.26. The second kappa shape index (κ2) is 7.51. The summed E-state index contributed by atoms with van der Waals surface area (Å²) in [5.74, 6) is 2.01. The first-order valence-corrected chi connectivity index (χ1v) is 9.55. The lowest BCUT2D eigenvalue weighted by Crippen LogP contribution is -2.41. The SMILES string of the molecule is CC(C)(C)NC(=O)CSc1nnc(N2CCCC2)n1Cc1ccco1. The van der Waals surface area contributed by atoms with Gasteiger partial charge in [-0.1, -0.05) is 11.8 Å². The van der Waals surface area contributed by atoms with E-state index in [-0.39, 0.29) is 11.4 Å². The molecule has 7 nitrogen and oxygen atoms in total. The number of anilines is 1. The zero-order valence-corrected chi connectivity index (χ0v) is 15.8. The molecular formula is C17H25N5O2S. The van der Waals surface area contributed by atoms with Crippen molar-refractivity contribution in [3.63, 3.8) is 0 Å². The molecule has 1 N–H and O–H groups in total. The summed E-state index contributed by atoms with van der Waals surface area (Å²) in [7, 11) is 0. The Balaban J connectivity index is 1.74. The van der Waals surface area contributed by atoms with E-state index in [1.807, 2.05) is 37.5 Å². The van der Waals surface area contributed by atoms with Crippen molar-refractivity contribution in [3.05, 3.63) is 24.2 Å². The third kappa shape index (κ3) is 4.78. The van der Waals surface area contributed by atoms with Crippen LogP contribution in [0.25, 0.3) is 0 Å². The molecule has 2 aromatic rings. The molecule has 3 heterocycles. The van der Waals surface area contributed by atoms with Crippen LogP contribution in [-0.4, -0.2) is 45.1 Å². The van der Waals surface area contributed by atoms with E-state index in [4.69, 9.17) is 4.42 Å². The molecule has 1 saturated heterocycles. The Hall–Kier alpha value is -1.96. The molecule has 25 heavy (non-hydrogen) atoms. The highest BCUT2D eigenvalue weighted by Gasteiger charge is 2.23. The summed E-state index contributed by atoms with van der Waals surface area (Å²) >= 11 is 1.41. The molecule has 1 aliphatic rings. The van der Waals surface area contributed by atoms with Crippen molar-refractivity contribution in [2.45, 2.75) is 50.9 Å². The first-order valence-electron chi connectivity index (χ1n) is 8.57. The summed E-state index contributed by atoms with van der Waals surface area (Å²) in [6, 6.07) is 3.81. The maximum atomic E-state index is 12.1. The summed E-state index contributed by atoms with van der Waals surface area (Å²) in [6.07, 6.45) is 4.01. The number of rotatable bonds is 6.